The van der Waals surface area contributed by atoms with Gasteiger partial charge in [-0.15, -0.1) is 0 Å². The predicted molar refractivity (Wildman–Crippen MR) is 109 cm³/mol. The fourth-order valence-electron chi connectivity index (χ4n) is 2.33. The van der Waals surface area contributed by atoms with Crippen molar-refractivity contribution in [1.82, 2.24) is 9.69 Å². The summed E-state index contributed by atoms with van der Waals surface area (Å²) in [6, 6.07) is 19.0. The molecular formula is C19H18N4O2S2. The lowest BCUT2D eigenvalue weighted by Crippen LogP contribution is -2.28. The van der Waals surface area contributed by atoms with E-state index in [0.29, 0.717) is 22.3 Å². The lowest BCUT2D eigenvalue weighted by atomic mass is 10.2. The molecule has 0 fully saturated rings. The molecule has 3 amide bonds. The van der Waals surface area contributed by atoms with Crippen LogP contribution in [0.2, 0.25) is 0 Å². The molecule has 0 saturated carbocycles. The average molecular weight is 399 g/mol. The molecule has 3 rings (SSSR count). The molecule has 0 radical (unpaired) electrons. The molecule has 4 N–H and O–H groups in total. The van der Waals surface area contributed by atoms with Gasteiger partial charge in [0.15, 0.2) is 0 Å². The van der Waals surface area contributed by atoms with Crippen molar-refractivity contribution in [3.8, 4) is 0 Å². The Morgan fingerprint density at radius 1 is 1.00 bits per heavy atom. The van der Waals surface area contributed by atoms with E-state index in [4.69, 9.17) is 5.73 Å². The molecule has 27 heavy (non-hydrogen) atoms. The standard InChI is InChI=1S/C19H18N4O2S2/c20-16(24)15-17(22-19(25)21-11-13-7-3-1-4-8-13)27-23-18(15)26-12-14-9-5-2-6-10-14/h1-10H,11-12H2,(H2,20,24)(H2,21,22,25). The van der Waals surface area contributed by atoms with E-state index in [1.54, 1.807) is 0 Å². The molecule has 6 nitrogen and oxygen atoms in total. The molecule has 0 bridgehead atoms. The first-order valence-electron chi connectivity index (χ1n) is 8.18. The zero-order valence-corrected chi connectivity index (χ0v) is 16.0. The van der Waals surface area contributed by atoms with Gasteiger partial charge in [-0.05, 0) is 22.7 Å². The number of carbonyl (C=O) groups excluding carboxylic acids is 2. The number of benzene rings is 2. The van der Waals surface area contributed by atoms with Crippen LogP contribution in [-0.2, 0) is 12.3 Å². The zero-order chi connectivity index (χ0) is 19.1. The Morgan fingerprint density at radius 3 is 2.26 bits per heavy atom. The summed E-state index contributed by atoms with van der Waals surface area (Å²) in [5.41, 5.74) is 7.85. The highest BCUT2D eigenvalue weighted by molar-refractivity contribution is 7.98. The molecule has 1 heterocycles. The van der Waals surface area contributed by atoms with Crippen molar-refractivity contribution in [3.05, 3.63) is 77.4 Å². The Labute approximate surface area is 165 Å². The Hall–Kier alpha value is -2.84. The highest BCUT2D eigenvalue weighted by Crippen LogP contribution is 2.33. The Kier molecular flexibility index (Phi) is 6.45. The first-order chi connectivity index (χ1) is 13.1. The van der Waals surface area contributed by atoms with Gasteiger partial charge in [-0.1, -0.05) is 72.4 Å². The van der Waals surface area contributed by atoms with Gasteiger partial charge in [0, 0.05) is 12.3 Å². The lowest BCUT2D eigenvalue weighted by molar-refractivity contribution is 0.0998. The molecule has 0 atom stereocenters. The van der Waals surface area contributed by atoms with Gasteiger partial charge < -0.3 is 11.1 Å². The number of rotatable bonds is 7. The molecule has 0 spiro atoms. The number of nitrogens with zero attached hydrogens (tertiary/aromatic N) is 1. The molecule has 1 aromatic heterocycles. The molecule has 0 unspecified atom stereocenters. The van der Waals surface area contributed by atoms with Crippen molar-refractivity contribution in [3.63, 3.8) is 0 Å². The average Bonchev–Trinajstić information content (AvgIpc) is 3.09. The minimum absolute atomic E-state index is 0.246. The largest absolute Gasteiger partial charge is 0.365 e. The van der Waals surface area contributed by atoms with Crippen LogP contribution >= 0.6 is 23.3 Å². The summed E-state index contributed by atoms with van der Waals surface area (Å²) in [4.78, 5) is 24.0. The van der Waals surface area contributed by atoms with Crippen LogP contribution < -0.4 is 16.4 Å². The minimum Gasteiger partial charge on any atom is -0.365 e. The SMILES string of the molecule is NC(=O)c1c(SCc2ccccc2)nsc1NC(=O)NCc1ccccc1. The van der Waals surface area contributed by atoms with E-state index >= 15 is 0 Å². The van der Waals surface area contributed by atoms with Gasteiger partial charge in [0.2, 0.25) is 0 Å². The van der Waals surface area contributed by atoms with E-state index in [2.05, 4.69) is 15.0 Å². The molecule has 138 valence electrons. The van der Waals surface area contributed by atoms with Gasteiger partial charge in [-0.2, -0.15) is 4.37 Å². The van der Waals surface area contributed by atoms with Gasteiger partial charge in [0.25, 0.3) is 5.91 Å². The van der Waals surface area contributed by atoms with Crippen molar-refractivity contribution in [2.24, 2.45) is 5.73 Å². The third-order valence-electron chi connectivity index (χ3n) is 3.65. The van der Waals surface area contributed by atoms with Crippen LogP contribution in [0.15, 0.2) is 65.7 Å². The number of primary amides is 1. The number of nitrogens with one attached hydrogen (secondary N) is 2. The van der Waals surface area contributed by atoms with Crippen molar-refractivity contribution < 1.29 is 9.59 Å². The van der Waals surface area contributed by atoms with Crippen molar-refractivity contribution in [2.75, 3.05) is 5.32 Å². The molecule has 0 aliphatic heterocycles. The molecule has 3 aromatic rings. The van der Waals surface area contributed by atoms with Crippen LogP contribution in [0.3, 0.4) is 0 Å². The van der Waals surface area contributed by atoms with Gasteiger partial charge in [0.1, 0.15) is 15.6 Å². The van der Waals surface area contributed by atoms with Crippen molar-refractivity contribution in [2.45, 2.75) is 17.3 Å². The number of amides is 3. The maximum Gasteiger partial charge on any atom is 0.320 e. The van der Waals surface area contributed by atoms with E-state index in [1.807, 2.05) is 60.7 Å². The zero-order valence-electron chi connectivity index (χ0n) is 14.3. The molecular weight excluding hydrogens is 380 g/mol. The normalized spacial score (nSPS) is 10.4. The summed E-state index contributed by atoms with van der Waals surface area (Å²) in [6.45, 7) is 0.382. The van der Waals surface area contributed by atoms with Gasteiger partial charge in [-0.25, -0.2) is 4.79 Å². The summed E-state index contributed by atoms with van der Waals surface area (Å²) in [5.74, 6) is 0.0440. The number of aromatic nitrogens is 1. The summed E-state index contributed by atoms with van der Waals surface area (Å²) in [6.07, 6.45) is 0. The second-order valence-electron chi connectivity index (χ2n) is 5.62. The topological polar surface area (TPSA) is 97.1 Å². The van der Waals surface area contributed by atoms with E-state index in [-0.39, 0.29) is 5.56 Å². The van der Waals surface area contributed by atoms with Crippen molar-refractivity contribution in [1.29, 1.82) is 0 Å². The highest BCUT2D eigenvalue weighted by Gasteiger charge is 2.20. The maximum atomic E-state index is 12.1. The number of hydrogen-bond donors (Lipinski definition) is 3. The quantitative estimate of drug-likeness (QED) is 0.527. The first kappa shape index (κ1) is 18.9. The van der Waals surface area contributed by atoms with Crippen LogP contribution in [0.5, 0.6) is 0 Å². The Morgan fingerprint density at radius 2 is 1.63 bits per heavy atom. The molecule has 2 aromatic carbocycles. The molecule has 0 aliphatic carbocycles. The van der Waals surface area contributed by atoms with Crippen LogP contribution in [0.4, 0.5) is 9.80 Å². The molecule has 8 heteroatoms. The highest BCUT2D eigenvalue weighted by atomic mass is 32.2. The van der Waals surface area contributed by atoms with E-state index in [1.165, 1.54) is 11.8 Å². The van der Waals surface area contributed by atoms with Crippen LogP contribution in [0.1, 0.15) is 21.5 Å². The summed E-state index contributed by atoms with van der Waals surface area (Å²) in [5, 5.41) is 6.30. The van der Waals surface area contributed by atoms with Crippen LogP contribution in [0.25, 0.3) is 0 Å². The smallest absolute Gasteiger partial charge is 0.320 e. The maximum absolute atomic E-state index is 12.1. The van der Waals surface area contributed by atoms with Gasteiger partial charge in [0.05, 0.1) is 0 Å². The van der Waals surface area contributed by atoms with Crippen LogP contribution in [0, 0.1) is 0 Å². The van der Waals surface area contributed by atoms with Crippen molar-refractivity contribution >= 4 is 40.2 Å². The van der Waals surface area contributed by atoms with Gasteiger partial charge >= 0.3 is 6.03 Å². The van der Waals surface area contributed by atoms with E-state index in [9.17, 15) is 9.59 Å². The minimum atomic E-state index is -0.613. The van der Waals surface area contributed by atoms with E-state index in [0.717, 1.165) is 22.7 Å². The lowest BCUT2D eigenvalue weighted by Gasteiger charge is -2.07. The number of carbonyl (C=O) groups is 2. The molecule has 0 aliphatic rings. The Balaban J connectivity index is 1.63. The fraction of sp³-hybridized carbons (Fsp3) is 0.105. The second kappa shape index (κ2) is 9.20. The number of hydrogen-bond acceptors (Lipinski definition) is 5. The fourth-order valence-corrected chi connectivity index (χ4v) is 4.25. The predicted octanol–water partition coefficient (Wildman–Crippen LogP) is 3.86. The van der Waals surface area contributed by atoms with Gasteiger partial charge in [-0.3, -0.25) is 10.1 Å². The van der Waals surface area contributed by atoms with Crippen LogP contribution in [-0.4, -0.2) is 16.3 Å². The number of urea groups is 1. The summed E-state index contributed by atoms with van der Waals surface area (Å²) < 4.78 is 4.29. The Bertz CT molecular complexity index is 914. The first-order valence-corrected chi connectivity index (χ1v) is 9.94. The van der Waals surface area contributed by atoms with E-state index < -0.39 is 11.9 Å². The summed E-state index contributed by atoms with van der Waals surface area (Å²) in [7, 11) is 0. The molecule has 0 saturated heterocycles. The number of anilines is 1. The second-order valence-corrected chi connectivity index (χ2v) is 7.36. The summed E-state index contributed by atoms with van der Waals surface area (Å²) >= 11 is 2.46. The number of thioether (sulfide) groups is 1. The monoisotopic (exact) mass is 398 g/mol. The third-order valence-corrected chi connectivity index (χ3v) is 5.57. The number of nitrogens with two attached hydrogens (primary N) is 1. The third kappa shape index (κ3) is 5.32.